The fourth-order valence-corrected chi connectivity index (χ4v) is 1.95. The van der Waals surface area contributed by atoms with Gasteiger partial charge in [-0.3, -0.25) is 28.8 Å². The van der Waals surface area contributed by atoms with Gasteiger partial charge in [-0.05, 0) is 19.8 Å². The zero-order chi connectivity index (χ0) is 21.9. The summed E-state index contributed by atoms with van der Waals surface area (Å²) in [5.74, 6) is -5.78. The predicted molar refractivity (Wildman–Crippen MR) is 93.5 cm³/mol. The Labute approximate surface area is 160 Å². The van der Waals surface area contributed by atoms with E-state index in [0.717, 1.165) is 0 Å². The highest BCUT2D eigenvalue weighted by molar-refractivity contribution is 5.94. The number of hydrogen-bond acceptors (Lipinski definition) is 7. The highest BCUT2D eigenvalue weighted by Crippen LogP contribution is 2.03. The molecule has 0 fully saturated rings. The molecule has 158 valence electrons. The van der Waals surface area contributed by atoms with Gasteiger partial charge in [0.25, 0.3) is 0 Å². The maximum absolute atomic E-state index is 12.4. The van der Waals surface area contributed by atoms with Crippen molar-refractivity contribution in [3.05, 3.63) is 0 Å². The van der Waals surface area contributed by atoms with Crippen LogP contribution in [0.2, 0.25) is 0 Å². The quantitative estimate of drug-likeness (QED) is 0.162. The molecule has 4 amide bonds. The number of amides is 4. The molecule has 0 heterocycles. The van der Waals surface area contributed by atoms with Crippen LogP contribution in [0.3, 0.4) is 0 Å². The number of nitrogens with one attached hydrogen (secondary N) is 3. The average molecular weight is 403 g/mol. The van der Waals surface area contributed by atoms with Gasteiger partial charge in [0.15, 0.2) is 0 Å². The molecule has 13 nitrogen and oxygen atoms in total. The normalized spacial score (nSPS) is 13.5. The summed E-state index contributed by atoms with van der Waals surface area (Å²) in [5, 5.41) is 24.0. The Hall–Kier alpha value is -3.22. The lowest BCUT2D eigenvalue weighted by molar-refractivity contribution is -0.140. The first-order valence-electron chi connectivity index (χ1n) is 8.30. The molecule has 0 aliphatic carbocycles. The van der Waals surface area contributed by atoms with E-state index in [9.17, 15) is 28.8 Å². The number of rotatable bonds is 13. The summed E-state index contributed by atoms with van der Waals surface area (Å²) in [6, 6.07) is -3.58. The highest BCUT2D eigenvalue weighted by atomic mass is 16.4. The molecular formula is C15H25N5O8. The summed E-state index contributed by atoms with van der Waals surface area (Å²) in [7, 11) is 0. The van der Waals surface area contributed by atoms with E-state index in [-0.39, 0.29) is 19.3 Å². The number of nitrogens with two attached hydrogens (primary N) is 2. The van der Waals surface area contributed by atoms with E-state index in [0.29, 0.717) is 0 Å². The van der Waals surface area contributed by atoms with E-state index in [1.54, 1.807) is 0 Å². The second kappa shape index (κ2) is 12.2. The van der Waals surface area contributed by atoms with Gasteiger partial charge >= 0.3 is 11.9 Å². The molecule has 0 aliphatic heterocycles. The number of hydrogen-bond donors (Lipinski definition) is 7. The maximum atomic E-state index is 12.4. The molecule has 3 atom stereocenters. The SMILES string of the molecule is CC(N)C(=O)NC(CCC(N)=O)C(=O)NC(CCC(=O)O)C(=O)NCC(=O)O. The molecule has 0 saturated heterocycles. The van der Waals surface area contributed by atoms with E-state index in [2.05, 4.69) is 10.6 Å². The molecule has 13 heteroatoms. The molecular weight excluding hydrogens is 378 g/mol. The van der Waals surface area contributed by atoms with Gasteiger partial charge in [-0.2, -0.15) is 0 Å². The lowest BCUT2D eigenvalue weighted by Crippen LogP contribution is -2.56. The average Bonchev–Trinajstić information content (AvgIpc) is 2.58. The minimum Gasteiger partial charge on any atom is -0.481 e. The van der Waals surface area contributed by atoms with Crippen LogP contribution in [-0.4, -0.2) is 70.5 Å². The Morgan fingerprint density at radius 2 is 1.32 bits per heavy atom. The molecule has 0 bridgehead atoms. The van der Waals surface area contributed by atoms with Gasteiger partial charge in [0.1, 0.15) is 18.6 Å². The zero-order valence-corrected chi connectivity index (χ0v) is 15.3. The summed E-state index contributed by atoms with van der Waals surface area (Å²) in [6.45, 7) is 0.637. The first kappa shape index (κ1) is 24.8. The monoisotopic (exact) mass is 403 g/mol. The Morgan fingerprint density at radius 3 is 1.79 bits per heavy atom. The standard InChI is InChI=1S/C15H25N5O8/c1-7(16)13(26)19-9(2-4-10(17)21)15(28)20-8(3-5-11(22)23)14(27)18-6-12(24)25/h7-9H,2-6,16H2,1H3,(H2,17,21)(H,18,27)(H,19,26)(H,20,28)(H,22,23)(H,24,25). The van der Waals surface area contributed by atoms with Gasteiger partial charge in [0.2, 0.25) is 23.6 Å². The fourth-order valence-electron chi connectivity index (χ4n) is 1.95. The molecule has 3 unspecified atom stereocenters. The molecule has 0 aliphatic rings. The van der Waals surface area contributed by atoms with Gasteiger partial charge in [-0.25, -0.2) is 0 Å². The Balaban J connectivity index is 5.24. The first-order chi connectivity index (χ1) is 12.9. The lowest BCUT2D eigenvalue weighted by Gasteiger charge is -2.23. The van der Waals surface area contributed by atoms with Crippen LogP contribution in [0.5, 0.6) is 0 Å². The van der Waals surface area contributed by atoms with Crippen molar-refractivity contribution in [2.24, 2.45) is 11.5 Å². The van der Waals surface area contributed by atoms with Crippen LogP contribution in [0.25, 0.3) is 0 Å². The summed E-state index contributed by atoms with van der Waals surface area (Å²) in [4.78, 5) is 68.5. The third kappa shape index (κ3) is 10.7. The number of carbonyl (C=O) groups excluding carboxylic acids is 4. The number of aliphatic carboxylic acids is 2. The van der Waals surface area contributed by atoms with Crippen molar-refractivity contribution in [3.63, 3.8) is 0 Å². The lowest BCUT2D eigenvalue weighted by atomic mass is 10.1. The van der Waals surface area contributed by atoms with Crippen molar-refractivity contribution >= 4 is 35.6 Å². The molecule has 0 saturated carbocycles. The van der Waals surface area contributed by atoms with Crippen LogP contribution >= 0.6 is 0 Å². The van der Waals surface area contributed by atoms with Crippen LogP contribution < -0.4 is 27.4 Å². The minimum absolute atomic E-state index is 0.179. The maximum Gasteiger partial charge on any atom is 0.322 e. The largest absolute Gasteiger partial charge is 0.481 e. The van der Waals surface area contributed by atoms with Gasteiger partial charge in [-0.15, -0.1) is 0 Å². The second-order valence-corrected chi connectivity index (χ2v) is 5.96. The second-order valence-electron chi connectivity index (χ2n) is 5.96. The van der Waals surface area contributed by atoms with Crippen LogP contribution in [0, 0.1) is 0 Å². The van der Waals surface area contributed by atoms with Crippen LogP contribution in [0.15, 0.2) is 0 Å². The van der Waals surface area contributed by atoms with E-state index >= 15 is 0 Å². The van der Waals surface area contributed by atoms with Crippen molar-refractivity contribution < 1.29 is 39.0 Å². The van der Waals surface area contributed by atoms with Crippen LogP contribution in [-0.2, 0) is 28.8 Å². The molecule has 0 radical (unpaired) electrons. The van der Waals surface area contributed by atoms with Crippen molar-refractivity contribution in [2.75, 3.05) is 6.54 Å². The predicted octanol–water partition coefficient (Wildman–Crippen LogP) is -3.37. The number of primary amides is 1. The Kier molecular flexibility index (Phi) is 10.8. The first-order valence-corrected chi connectivity index (χ1v) is 8.30. The molecule has 0 aromatic carbocycles. The Morgan fingerprint density at radius 1 is 0.821 bits per heavy atom. The molecule has 0 spiro atoms. The molecule has 0 rings (SSSR count). The van der Waals surface area contributed by atoms with E-state index in [4.69, 9.17) is 21.7 Å². The molecule has 0 aromatic heterocycles. The van der Waals surface area contributed by atoms with Gasteiger partial charge in [0, 0.05) is 12.8 Å². The van der Waals surface area contributed by atoms with Crippen molar-refractivity contribution in [3.8, 4) is 0 Å². The minimum atomic E-state index is -1.37. The highest BCUT2D eigenvalue weighted by Gasteiger charge is 2.28. The van der Waals surface area contributed by atoms with Crippen molar-refractivity contribution in [1.82, 2.24) is 16.0 Å². The van der Waals surface area contributed by atoms with Crippen LogP contribution in [0.1, 0.15) is 32.6 Å². The van der Waals surface area contributed by atoms with E-state index in [1.807, 2.05) is 5.32 Å². The smallest absolute Gasteiger partial charge is 0.322 e. The summed E-state index contributed by atoms with van der Waals surface area (Å²) in [5.41, 5.74) is 10.5. The third-order valence-electron chi connectivity index (χ3n) is 3.42. The topological polar surface area (TPSA) is 231 Å². The number of carboxylic acid groups (broad SMARTS) is 2. The zero-order valence-electron chi connectivity index (χ0n) is 15.3. The van der Waals surface area contributed by atoms with E-state index < -0.39 is 66.7 Å². The van der Waals surface area contributed by atoms with E-state index in [1.165, 1.54) is 6.92 Å². The third-order valence-corrected chi connectivity index (χ3v) is 3.42. The van der Waals surface area contributed by atoms with Gasteiger partial charge in [-0.1, -0.05) is 0 Å². The summed E-state index contributed by atoms with van der Waals surface area (Å²) in [6.07, 6.45) is -1.23. The van der Waals surface area contributed by atoms with Crippen molar-refractivity contribution in [1.29, 1.82) is 0 Å². The van der Waals surface area contributed by atoms with Gasteiger partial charge < -0.3 is 37.6 Å². The van der Waals surface area contributed by atoms with Crippen molar-refractivity contribution in [2.45, 2.75) is 50.7 Å². The summed E-state index contributed by atoms with van der Waals surface area (Å²) >= 11 is 0. The number of carboxylic acids is 2. The van der Waals surface area contributed by atoms with Crippen LogP contribution in [0.4, 0.5) is 0 Å². The molecule has 0 aromatic rings. The fraction of sp³-hybridized carbons (Fsp3) is 0.600. The Bertz CT molecular complexity index is 622. The summed E-state index contributed by atoms with van der Waals surface area (Å²) < 4.78 is 0. The molecule has 28 heavy (non-hydrogen) atoms. The number of carbonyl (C=O) groups is 6. The van der Waals surface area contributed by atoms with Gasteiger partial charge in [0.05, 0.1) is 6.04 Å². The molecule has 9 N–H and O–H groups in total.